The molecule has 0 saturated heterocycles. The van der Waals surface area contributed by atoms with Crippen LogP contribution in [-0.2, 0) is 11.3 Å². The Kier molecular flexibility index (Phi) is 6.91. The van der Waals surface area contributed by atoms with Crippen LogP contribution in [0.25, 0.3) is 10.9 Å². The molecular formula is C25H32N2O. The van der Waals surface area contributed by atoms with Crippen LogP contribution in [0.5, 0.6) is 0 Å². The first-order chi connectivity index (χ1) is 13.6. The first-order valence-corrected chi connectivity index (χ1v) is 10.5. The third-order valence-corrected chi connectivity index (χ3v) is 5.51. The van der Waals surface area contributed by atoms with E-state index in [4.69, 9.17) is 0 Å². The molecule has 0 aliphatic rings. The Balaban J connectivity index is 1.93. The Morgan fingerprint density at radius 3 is 2.50 bits per heavy atom. The molecule has 1 atom stereocenters. The number of benzene rings is 2. The molecule has 3 nitrogen and oxygen atoms in total. The first-order valence-electron chi connectivity index (χ1n) is 10.5. The second-order valence-corrected chi connectivity index (χ2v) is 7.61. The summed E-state index contributed by atoms with van der Waals surface area (Å²) in [7, 11) is 0. The Hall–Kier alpha value is -2.55. The monoisotopic (exact) mass is 376 g/mol. The molecular weight excluding hydrogens is 344 g/mol. The lowest BCUT2D eigenvalue weighted by atomic mass is 9.87. The van der Waals surface area contributed by atoms with Crippen LogP contribution in [0.1, 0.15) is 62.1 Å². The standard InChI is InChI=1S/C25H32N2O/c1-4-6-9-16-26-25(28)17-22(20-14-12-19(3)13-15-20)23-18-27(5-2)24-11-8-7-10-21(23)24/h7-8,10-15,18,22H,4-6,9,16-17H2,1-3H3,(H,26,28)/t22-/m0/s1. The summed E-state index contributed by atoms with van der Waals surface area (Å²) >= 11 is 0. The zero-order chi connectivity index (χ0) is 19.9. The Bertz CT molecular complexity index is 908. The number of nitrogens with zero attached hydrogens (tertiary/aromatic N) is 1. The number of fused-ring (bicyclic) bond motifs is 1. The van der Waals surface area contributed by atoms with Crippen LogP contribution in [0.15, 0.2) is 54.7 Å². The topological polar surface area (TPSA) is 34.0 Å². The maximum Gasteiger partial charge on any atom is 0.220 e. The summed E-state index contributed by atoms with van der Waals surface area (Å²) in [5.74, 6) is 0.194. The van der Waals surface area contributed by atoms with Crippen molar-refractivity contribution in [1.29, 1.82) is 0 Å². The minimum Gasteiger partial charge on any atom is -0.356 e. The number of carbonyl (C=O) groups excluding carboxylic acids is 1. The zero-order valence-corrected chi connectivity index (χ0v) is 17.4. The third-order valence-electron chi connectivity index (χ3n) is 5.51. The normalized spacial score (nSPS) is 12.2. The van der Waals surface area contributed by atoms with Gasteiger partial charge >= 0.3 is 0 Å². The van der Waals surface area contributed by atoms with Crippen molar-refractivity contribution in [2.24, 2.45) is 0 Å². The molecule has 1 amide bonds. The van der Waals surface area contributed by atoms with Gasteiger partial charge < -0.3 is 9.88 Å². The molecule has 0 radical (unpaired) electrons. The summed E-state index contributed by atoms with van der Waals surface area (Å²) < 4.78 is 2.28. The molecule has 0 fully saturated rings. The van der Waals surface area contributed by atoms with Gasteiger partial charge in [0.05, 0.1) is 0 Å². The van der Waals surface area contributed by atoms with Gasteiger partial charge in [-0.1, -0.05) is 67.8 Å². The lowest BCUT2D eigenvalue weighted by molar-refractivity contribution is -0.121. The van der Waals surface area contributed by atoms with Crippen LogP contribution in [0.2, 0.25) is 0 Å². The van der Waals surface area contributed by atoms with Crippen molar-refractivity contribution in [3.63, 3.8) is 0 Å². The highest BCUT2D eigenvalue weighted by Crippen LogP contribution is 2.35. The predicted octanol–water partition coefficient (Wildman–Crippen LogP) is 5.80. The Morgan fingerprint density at radius 1 is 1.04 bits per heavy atom. The van der Waals surface area contributed by atoms with Gasteiger partial charge in [-0.25, -0.2) is 0 Å². The molecule has 0 spiro atoms. The van der Waals surface area contributed by atoms with E-state index in [0.717, 1.165) is 25.9 Å². The van der Waals surface area contributed by atoms with Crippen LogP contribution >= 0.6 is 0 Å². The van der Waals surface area contributed by atoms with Crippen LogP contribution in [0, 0.1) is 6.92 Å². The van der Waals surface area contributed by atoms with E-state index in [2.05, 4.69) is 85.4 Å². The van der Waals surface area contributed by atoms with Crippen LogP contribution in [0.4, 0.5) is 0 Å². The molecule has 3 heteroatoms. The smallest absolute Gasteiger partial charge is 0.220 e. The van der Waals surface area contributed by atoms with Gasteiger partial charge in [-0.3, -0.25) is 4.79 Å². The molecule has 3 aromatic rings. The molecule has 1 heterocycles. The Morgan fingerprint density at radius 2 is 1.79 bits per heavy atom. The largest absolute Gasteiger partial charge is 0.356 e. The average Bonchev–Trinajstić information content (AvgIpc) is 3.09. The molecule has 0 aliphatic heterocycles. The molecule has 148 valence electrons. The molecule has 1 aromatic heterocycles. The zero-order valence-electron chi connectivity index (χ0n) is 17.4. The second kappa shape index (κ2) is 9.59. The minimum absolute atomic E-state index is 0.0597. The summed E-state index contributed by atoms with van der Waals surface area (Å²) in [6.45, 7) is 8.13. The quantitative estimate of drug-likeness (QED) is 0.471. The van der Waals surface area contributed by atoms with E-state index >= 15 is 0 Å². The fourth-order valence-electron chi connectivity index (χ4n) is 3.88. The highest BCUT2D eigenvalue weighted by molar-refractivity contribution is 5.86. The fourth-order valence-corrected chi connectivity index (χ4v) is 3.88. The van der Waals surface area contributed by atoms with Crippen molar-refractivity contribution >= 4 is 16.8 Å². The third kappa shape index (κ3) is 4.64. The van der Waals surface area contributed by atoms with Crippen LogP contribution in [-0.4, -0.2) is 17.0 Å². The van der Waals surface area contributed by atoms with Crippen LogP contribution < -0.4 is 5.32 Å². The predicted molar refractivity (Wildman–Crippen MR) is 118 cm³/mol. The number of unbranched alkanes of at least 4 members (excludes halogenated alkanes) is 2. The second-order valence-electron chi connectivity index (χ2n) is 7.61. The summed E-state index contributed by atoms with van der Waals surface area (Å²) in [5, 5.41) is 4.37. The van der Waals surface area contributed by atoms with E-state index < -0.39 is 0 Å². The summed E-state index contributed by atoms with van der Waals surface area (Å²) in [5.41, 5.74) is 4.92. The molecule has 0 bridgehead atoms. The van der Waals surface area contributed by atoms with Gasteiger partial charge in [-0.15, -0.1) is 0 Å². The minimum atomic E-state index is 0.0597. The van der Waals surface area contributed by atoms with E-state index in [-0.39, 0.29) is 11.8 Å². The summed E-state index contributed by atoms with van der Waals surface area (Å²) in [4.78, 5) is 12.7. The summed E-state index contributed by atoms with van der Waals surface area (Å²) in [6, 6.07) is 17.1. The number of rotatable bonds is 9. The summed E-state index contributed by atoms with van der Waals surface area (Å²) in [6.07, 6.45) is 6.09. The number of nitrogens with one attached hydrogen (secondary N) is 1. The molecule has 0 aliphatic carbocycles. The number of amides is 1. The van der Waals surface area contributed by atoms with E-state index in [9.17, 15) is 4.79 Å². The number of hydrogen-bond acceptors (Lipinski definition) is 1. The van der Waals surface area contributed by atoms with Gasteiger partial charge in [0.25, 0.3) is 0 Å². The maximum atomic E-state index is 12.7. The van der Waals surface area contributed by atoms with E-state index in [1.165, 1.54) is 34.0 Å². The van der Waals surface area contributed by atoms with Gasteiger partial charge in [0, 0.05) is 42.5 Å². The van der Waals surface area contributed by atoms with Crippen molar-refractivity contribution in [2.75, 3.05) is 6.54 Å². The van der Waals surface area contributed by atoms with Gasteiger partial charge in [0.15, 0.2) is 0 Å². The lowest BCUT2D eigenvalue weighted by Gasteiger charge is -2.17. The number of aryl methyl sites for hydroxylation is 2. The number of carbonyl (C=O) groups is 1. The first kappa shape index (κ1) is 20.2. The highest BCUT2D eigenvalue weighted by atomic mass is 16.1. The van der Waals surface area contributed by atoms with Gasteiger partial charge in [-0.05, 0) is 37.5 Å². The van der Waals surface area contributed by atoms with Gasteiger partial charge in [0.2, 0.25) is 5.91 Å². The molecule has 1 N–H and O–H groups in total. The van der Waals surface area contributed by atoms with E-state index in [1.807, 2.05) is 0 Å². The molecule has 3 rings (SSSR count). The highest BCUT2D eigenvalue weighted by Gasteiger charge is 2.22. The van der Waals surface area contributed by atoms with Crippen LogP contribution in [0.3, 0.4) is 0 Å². The van der Waals surface area contributed by atoms with Crippen molar-refractivity contribution in [3.8, 4) is 0 Å². The van der Waals surface area contributed by atoms with Gasteiger partial charge in [0.1, 0.15) is 0 Å². The van der Waals surface area contributed by atoms with Crippen molar-refractivity contribution in [1.82, 2.24) is 9.88 Å². The number of aromatic nitrogens is 1. The molecule has 2 aromatic carbocycles. The lowest BCUT2D eigenvalue weighted by Crippen LogP contribution is -2.26. The van der Waals surface area contributed by atoms with E-state index in [0.29, 0.717) is 6.42 Å². The fraction of sp³-hybridized carbons (Fsp3) is 0.400. The maximum absolute atomic E-state index is 12.7. The molecule has 0 unspecified atom stereocenters. The van der Waals surface area contributed by atoms with E-state index in [1.54, 1.807) is 0 Å². The SMILES string of the molecule is CCCCCNC(=O)C[C@@H](c1ccc(C)cc1)c1cn(CC)c2ccccc12. The van der Waals surface area contributed by atoms with Crippen molar-refractivity contribution in [3.05, 3.63) is 71.4 Å². The van der Waals surface area contributed by atoms with Crippen molar-refractivity contribution < 1.29 is 4.79 Å². The number of hydrogen-bond donors (Lipinski definition) is 1. The average molecular weight is 377 g/mol. The Labute approximate surface area is 168 Å². The van der Waals surface area contributed by atoms with Crippen molar-refractivity contribution in [2.45, 2.75) is 58.9 Å². The molecule has 28 heavy (non-hydrogen) atoms. The number of para-hydroxylation sites is 1. The van der Waals surface area contributed by atoms with Gasteiger partial charge in [-0.2, -0.15) is 0 Å². The molecule has 0 saturated carbocycles.